The van der Waals surface area contributed by atoms with E-state index in [1.165, 1.54) is 26.9 Å². The van der Waals surface area contributed by atoms with Gasteiger partial charge in [-0.15, -0.1) is 0 Å². The summed E-state index contributed by atoms with van der Waals surface area (Å²) in [5.41, 5.74) is 4.05. The Morgan fingerprint density at radius 1 is 1.00 bits per heavy atom. The minimum atomic E-state index is -0.0255. The second kappa shape index (κ2) is 5.85. The predicted octanol–water partition coefficient (Wildman–Crippen LogP) is 6.00. The molecule has 3 aromatic rings. The van der Waals surface area contributed by atoms with Gasteiger partial charge < -0.3 is 4.57 Å². The summed E-state index contributed by atoms with van der Waals surface area (Å²) in [4.78, 5) is 1.29. The molecule has 0 saturated carbocycles. The molecule has 0 aliphatic rings. The van der Waals surface area contributed by atoms with Crippen molar-refractivity contribution in [1.82, 2.24) is 4.57 Å². The highest BCUT2D eigenvalue weighted by Gasteiger charge is 2.24. The minimum Gasteiger partial charge on any atom is -0.332 e. The number of rotatable bonds is 4. The number of nitrogens with zero attached hydrogens (tertiary/aromatic N) is 1. The summed E-state index contributed by atoms with van der Waals surface area (Å²) >= 11 is 1.91. The lowest BCUT2D eigenvalue weighted by Crippen LogP contribution is -2.20. The molecule has 2 aromatic carbocycles. The first-order valence-corrected chi connectivity index (χ1v) is 8.68. The van der Waals surface area contributed by atoms with E-state index >= 15 is 0 Å². The summed E-state index contributed by atoms with van der Waals surface area (Å²) in [5.74, 6) is 0. The van der Waals surface area contributed by atoms with Crippen molar-refractivity contribution in [3.05, 3.63) is 65.9 Å². The number of aryl methyl sites for hydroxylation is 2. The molecule has 114 valence electrons. The molecule has 3 rings (SSSR count). The average Bonchev–Trinajstić information content (AvgIpc) is 2.89. The van der Waals surface area contributed by atoms with E-state index in [4.69, 9.17) is 0 Å². The van der Waals surface area contributed by atoms with E-state index in [9.17, 15) is 0 Å². The van der Waals surface area contributed by atoms with E-state index in [1.54, 1.807) is 0 Å². The lowest BCUT2D eigenvalue weighted by molar-refractivity contribution is 0.555. The van der Waals surface area contributed by atoms with Crippen molar-refractivity contribution in [2.24, 2.45) is 0 Å². The molecular weight excluding hydrogens is 286 g/mol. The van der Waals surface area contributed by atoms with Crippen LogP contribution in [-0.4, -0.2) is 4.57 Å². The Hall–Kier alpha value is -1.67. The number of aromatic nitrogens is 1. The highest BCUT2D eigenvalue weighted by Crippen LogP contribution is 2.40. The van der Waals surface area contributed by atoms with Gasteiger partial charge in [-0.1, -0.05) is 54.6 Å². The van der Waals surface area contributed by atoms with Gasteiger partial charge >= 0.3 is 0 Å². The summed E-state index contributed by atoms with van der Waals surface area (Å²) in [6, 6.07) is 17.5. The zero-order valence-electron chi connectivity index (χ0n) is 13.8. The number of hydrogen-bond acceptors (Lipinski definition) is 1. The molecular formula is C20H23NS. The van der Waals surface area contributed by atoms with E-state index < -0.39 is 0 Å². The third-order valence-corrected chi connectivity index (χ3v) is 5.35. The van der Waals surface area contributed by atoms with Gasteiger partial charge in [-0.25, -0.2) is 0 Å². The molecule has 22 heavy (non-hydrogen) atoms. The van der Waals surface area contributed by atoms with Crippen molar-refractivity contribution in [3.63, 3.8) is 0 Å². The van der Waals surface area contributed by atoms with E-state index in [2.05, 4.69) is 87.0 Å². The van der Waals surface area contributed by atoms with Crippen LogP contribution in [0.1, 0.15) is 31.9 Å². The van der Waals surface area contributed by atoms with Gasteiger partial charge in [0.15, 0.2) is 0 Å². The maximum atomic E-state index is 2.42. The van der Waals surface area contributed by atoms with Crippen molar-refractivity contribution in [1.29, 1.82) is 0 Å². The molecule has 0 fully saturated rings. The van der Waals surface area contributed by atoms with Gasteiger partial charge in [0, 0.05) is 22.0 Å². The number of para-hydroxylation sites is 1. The van der Waals surface area contributed by atoms with Crippen LogP contribution < -0.4 is 0 Å². The zero-order chi connectivity index (χ0) is 15.7. The second-order valence-corrected chi connectivity index (χ2v) is 7.93. The van der Waals surface area contributed by atoms with E-state index in [1.807, 2.05) is 11.8 Å². The van der Waals surface area contributed by atoms with Crippen molar-refractivity contribution in [2.75, 3.05) is 0 Å². The smallest absolute Gasteiger partial charge is 0.0893 e. The largest absolute Gasteiger partial charge is 0.332 e. The number of benzene rings is 2. The molecule has 0 aliphatic heterocycles. The first kappa shape index (κ1) is 15.2. The van der Waals surface area contributed by atoms with Crippen LogP contribution in [0.5, 0.6) is 0 Å². The molecule has 1 nitrogen and oxygen atoms in total. The summed E-state index contributed by atoms with van der Waals surface area (Å²) in [7, 11) is 0. The van der Waals surface area contributed by atoms with Crippen LogP contribution in [0, 0.1) is 6.92 Å². The lowest BCUT2D eigenvalue weighted by atomic mass is 10.1. The van der Waals surface area contributed by atoms with E-state index in [0.717, 1.165) is 6.42 Å². The van der Waals surface area contributed by atoms with Gasteiger partial charge in [-0.05, 0) is 51.0 Å². The molecule has 0 radical (unpaired) electrons. The first-order valence-electron chi connectivity index (χ1n) is 7.86. The third-order valence-electron chi connectivity index (χ3n) is 4.14. The van der Waals surface area contributed by atoms with Gasteiger partial charge in [0.1, 0.15) is 0 Å². The van der Waals surface area contributed by atoms with Gasteiger partial charge in [-0.3, -0.25) is 0 Å². The maximum Gasteiger partial charge on any atom is 0.0893 e. The Bertz CT molecular complexity index is 781. The third kappa shape index (κ3) is 2.80. The van der Waals surface area contributed by atoms with Crippen LogP contribution in [-0.2, 0) is 11.3 Å². The Morgan fingerprint density at radius 3 is 2.36 bits per heavy atom. The van der Waals surface area contributed by atoms with Crippen LogP contribution in [0.3, 0.4) is 0 Å². The Labute approximate surface area is 137 Å². The van der Waals surface area contributed by atoms with Crippen molar-refractivity contribution >= 4 is 22.7 Å². The quantitative estimate of drug-likeness (QED) is 0.535. The molecule has 0 unspecified atom stereocenters. The molecule has 0 amide bonds. The molecule has 2 heteroatoms. The van der Waals surface area contributed by atoms with Crippen LogP contribution in [0.15, 0.2) is 59.6 Å². The fourth-order valence-electron chi connectivity index (χ4n) is 2.92. The molecule has 1 aromatic heterocycles. The van der Waals surface area contributed by atoms with Gasteiger partial charge in [0.05, 0.1) is 4.87 Å². The fraction of sp³-hybridized carbons (Fsp3) is 0.300. The highest BCUT2D eigenvalue weighted by atomic mass is 32.2. The lowest BCUT2D eigenvalue weighted by Gasteiger charge is -2.27. The Morgan fingerprint density at radius 2 is 1.68 bits per heavy atom. The van der Waals surface area contributed by atoms with Crippen LogP contribution in [0.25, 0.3) is 10.9 Å². The monoisotopic (exact) mass is 309 g/mol. The van der Waals surface area contributed by atoms with Gasteiger partial charge in [0.25, 0.3) is 0 Å². The average molecular weight is 309 g/mol. The van der Waals surface area contributed by atoms with Crippen molar-refractivity contribution in [3.8, 4) is 0 Å². The number of hydrogen-bond donors (Lipinski definition) is 0. The van der Waals surface area contributed by atoms with Crippen molar-refractivity contribution < 1.29 is 0 Å². The van der Waals surface area contributed by atoms with E-state index in [0.29, 0.717) is 0 Å². The standard InChI is InChI=1S/C20H23NS/c1-5-16-14-21(19-9-7-6-8-18(16)19)20(3,4)22-17-12-10-15(2)11-13-17/h6-14H,5H2,1-4H3. The first-order chi connectivity index (χ1) is 10.5. The normalized spacial score (nSPS) is 12.0. The predicted molar refractivity (Wildman–Crippen MR) is 97.7 cm³/mol. The molecule has 0 aliphatic carbocycles. The summed E-state index contributed by atoms with van der Waals surface area (Å²) in [5, 5.41) is 1.38. The highest BCUT2D eigenvalue weighted by molar-refractivity contribution is 8.00. The molecule has 1 heterocycles. The molecule has 0 atom stereocenters. The topological polar surface area (TPSA) is 4.93 Å². The number of fused-ring (bicyclic) bond motifs is 1. The number of thioether (sulfide) groups is 1. The Kier molecular flexibility index (Phi) is 4.05. The van der Waals surface area contributed by atoms with E-state index in [-0.39, 0.29) is 4.87 Å². The molecule has 0 spiro atoms. The Balaban J connectivity index is 2.03. The summed E-state index contributed by atoms with van der Waals surface area (Å²) in [6.45, 7) is 8.95. The van der Waals surface area contributed by atoms with Crippen LogP contribution in [0.4, 0.5) is 0 Å². The van der Waals surface area contributed by atoms with Gasteiger partial charge in [-0.2, -0.15) is 0 Å². The SMILES string of the molecule is CCc1cn(C(C)(C)Sc2ccc(C)cc2)c2ccccc12. The zero-order valence-corrected chi connectivity index (χ0v) is 14.6. The van der Waals surface area contributed by atoms with Crippen molar-refractivity contribution in [2.45, 2.75) is 43.9 Å². The summed E-state index contributed by atoms with van der Waals surface area (Å²) in [6.07, 6.45) is 3.39. The molecule has 0 N–H and O–H groups in total. The molecule has 0 saturated heterocycles. The molecule has 0 bridgehead atoms. The second-order valence-electron chi connectivity index (χ2n) is 6.26. The fourth-order valence-corrected chi connectivity index (χ4v) is 4.02. The minimum absolute atomic E-state index is 0.0255. The van der Waals surface area contributed by atoms with Gasteiger partial charge in [0.2, 0.25) is 0 Å². The summed E-state index contributed by atoms with van der Waals surface area (Å²) < 4.78 is 2.42. The van der Waals surface area contributed by atoms with Crippen LogP contribution in [0.2, 0.25) is 0 Å². The maximum absolute atomic E-state index is 2.42. The van der Waals surface area contributed by atoms with Crippen LogP contribution >= 0.6 is 11.8 Å².